The van der Waals surface area contributed by atoms with E-state index in [2.05, 4.69) is 46.4 Å². The Hall–Kier alpha value is -1.82. The molecular formula is C16H12IN2O-. The summed E-state index contributed by atoms with van der Waals surface area (Å²) in [4.78, 5) is 20.0. The number of fused-ring (bicyclic) bond motifs is 1. The van der Waals surface area contributed by atoms with Crippen LogP contribution in [0.3, 0.4) is 0 Å². The number of nitrogens with zero attached hydrogens (tertiary/aromatic N) is 2. The van der Waals surface area contributed by atoms with E-state index in [1.54, 1.807) is 0 Å². The van der Waals surface area contributed by atoms with Gasteiger partial charge in [0.05, 0.1) is 0 Å². The molecule has 0 amide bonds. The molecule has 1 aromatic heterocycles. The number of hydrogen-bond acceptors (Lipinski definition) is 3. The molecule has 4 heteroatoms. The fraction of sp³-hybridized carbons (Fsp3) is 0.0625. The number of benzene rings is 2. The Bertz CT molecular complexity index is 772. The van der Waals surface area contributed by atoms with Gasteiger partial charge in [-0.1, -0.05) is 0 Å². The van der Waals surface area contributed by atoms with Gasteiger partial charge in [0.15, 0.2) is 0 Å². The summed E-state index contributed by atoms with van der Waals surface area (Å²) < 4.78 is 2.64. The second-order valence-electron chi connectivity index (χ2n) is 4.33. The first-order valence-corrected chi connectivity index (χ1v) is 8.36. The van der Waals surface area contributed by atoms with Crippen LogP contribution in [-0.2, 0) is 0 Å². The van der Waals surface area contributed by atoms with Crippen LogP contribution >= 0.6 is 0 Å². The zero-order valence-corrected chi connectivity index (χ0v) is 13.0. The Kier molecular flexibility index (Phi) is 3.73. The maximum absolute atomic E-state index is 11.4. The van der Waals surface area contributed by atoms with Crippen molar-refractivity contribution in [2.45, 2.75) is 6.92 Å². The van der Waals surface area contributed by atoms with E-state index in [1.165, 1.54) is 20.3 Å². The third kappa shape index (κ3) is 2.85. The molecule has 0 bridgehead atoms. The Labute approximate surface area is 127 Å². The fourth-order valence-corrected chi connectivity index (χ4v) is 4.12. The summed E-state index contributed by atoms with van der Waals surface area (Å²) in [6, 6.07) is 16.6. The molecule has 0 saturated carbocycles. The van der Waals surface area contributed by atoms with Gasteiger partial charge >= 0.3 is 127 Å². The standard InChI is InChI=1S/C16H12IN2O/c1-11(20)16-10-18-14-8-7-13(9-15(14)19-16)17-12-5-3-2-4-6-12/h2-10H,1H3/q-1. The molecule has 0 aliphatic carbocycles. The molecular weight excluding hydrogens is 363 g/mol. The van der Waals surface area contributed by atoms with Gasteiger partial charge in [0.25, 0.3) is 0 Å². The van der Waals surface area contributed by atoms with E-state index >= 15 is 0 Å². The van der Waals surface area contributed by atoms with Crippen molar-refractivity contribution in [3.8, 4) is 0 Å². The average Bonchev–Trinajstić information content (AvgIpc) is 2.47. The Morgan fingerprint density at radius 3 is 2.55 bits per heavy atom. The predicted molar refractivity (Wildman–Crippen MR) is 73.4 cm³/mol. The summed E-state index contributed by atoms with van der Waals surface area (Å²) in [7, 11) is 0. The molecule has 2 aromatic carbocycles. The summed E-state index contributed by atoms with van der Waals surface area (Å²) in [5.41, 5.74) is 2.05. The van der Waals surface area contributed by atoms with Crippen molar-refractivity contribution in [3.63, 3.8) is 0 Å². The summed E-state index contributed by atoms with van der Waals surface area (Å²) in [6.07, 6.45) is 1.54. The van der Waals surface area contributed by atoms with Crippen molar-refractivity contribution in [3.05, 3.63) is 67.6 Å². The molecule has 0 radical (unpaired) electrons. The van der Waals surface area contributed by atoms with Crippen LogP contribution < -0.4 is 21.2 Å². The third-order valence-corrected chi connectivity index (χ3v) is 5.45. The number of hydrogen-bond donors (Lipinski definition) is 0. The molecule has 0 aliphatic rings. The van der Waals surface area contributed by atoms with Crippen LogP contribution in [0.2, 0.25) is 0 Å². The van der Waals surface area contributed by atoms with Crippen LogP contribution in [0.25, 0.3) is 11.0 Å². The minimum atomic E-state index is -0.225. The van der Waals surface area contributed by atoms with Crippen LogP contribution in [0.5, 0.6) is 0 Å². The van der Waals surface area contributed by atoms with E-state index in [-0.39, 0.29) is 27.0 Å². The normalized spacial score (nSPS) is 10.8. The number of ketones is 1. The fourth-order valence-electron chi connectivity index (χ4n) is 1.82. The van der Waals surface area contributed by atoms with Gasteiger partial charge in [-0.2, -0.15) is 0 Å². The first-order valence-electron chi connectivity index (χ1n) is 6.20. The van der Waals surface area contributed by atoms with Crippen LogP contribution in [0, 0.1) is 7.14 Å². The first kappa shape index (κ1) is 13.2. The molecule has 3 rings (SSSR count). The molecule has 0 atom stereocenters. The predicted octanol–water partition coefficient (Wildman–Crippen LogP) is -0.0392. The zero-order valence-electron chi connectivity index (χ0n) is 10.9. The molecule has 20 heavy (non-hydrogen) atoms. The van der Waals surface area contributed by atoms with Crippen molar-refractivity contribution in [1.82, 2.24) is 9.97 Å². The van der Waals surface area contributed by atoms with E-state index in [9.17, 15) is 4.79 Å². The first-order chi connectivity index (χ1) is 9.72. The Balaban J connectivity index is 1.99. The number of aromatic nitrogens is 2. The number of carbonyl (C=O) groups is 1. The van der Waals surface area contributed by atoms with Gasteiger partial charge in [-0.15, -0.1) is 0 Å². The van der Waals surface area contributed by atoms with Crippen molar-refractivity contribution in [2.24, 2.45) is 0 Å². The molecule has 100 valence electrons. The summed E-state index contributed by atoms with van der Waals surface area (Å²) >= 11 is -0.225. The summed E-state index contributed by atoms with van der Waals surface area (Å²) in [6.45, 7) is 1.51. The van der Waals surface area contributed by atoms with Gasteiger partial charge in [0.1, 0.15) is 0 Å². The van der Waals surface area contributed by atoms with Gasteiger partial charge < -0.3 is 0 Å². The topological polar surface area (TPSA) is 42.9 Å². The second kappa shape index (κ2) is 5.66. The molecule has 3 nitrogen and oxygen atoms in total. The Morgan fingerprint density at radius 2 is 1.80 bits per heavy atom. The second-order valence-corrected chi connectivity index (χ2v) is 7.37. The molecule has 3 aromatic rings. The molecule has 0 N–H and O–H groups in total. The van der Waals surface area contributed by atoms with Crippen molar-refractivity contribution in [1.29, 1.82) is 0 Å². The molecule has 0 fully saturated rings. The minimum absolute atomic E-state index is 0.0532. The molecule has 0 unspecified atom stereocenters. The maximum atomic E-state index is 11.4. The van der Waals surface area contributed by atoms with E-state index in [1.807, 2.05) is 12.1 Å². The molecule has 1 heterocycles. The van der Waals surface area contributed by atoms with Gasteiger partial charge in [-0.3, -0.25) is 0 Å². The third-order valence-electron chi connectivity index (χ3n) is 2.82. The van der Waals surface area contributed by atoms with Gasteiger partial charge in [0, 0.05) is 0 Å². The van der Waals surface area contributed by atoms with Gasteiger partial charge in [-0.25, -0.2) is 0 Å². The van der Waals surface area contributed by atoms with Crippen LogP contribution in [-0.4, -0.2) is 15.8 Å². The number of halogens is 1. The zero-order chi connectivity index (χ0) is 13.9. The van der Waals surface area contributed by atoms with Gasteiger partial charge in [-0.05, 0) is 0 Å². The summed E-state index contributed by atoms with van der Waals surface area (Å²) in [5.74, 6) is -0.0532. The van der Waals surface area contributed by atoms with E-state index in [0.717, 1.165) is 11.0 Å². The van der Waals surface area contributed by atoms with Crippen molar-refractivity contribution >= 4 is 16.8 Å². The van der Waals surface area contributed by atoms with Crippen LogP contribution in [0.4, 0.5) is 0 Å². The monoisotopic (exact) mass is 375 g/mol. The molecule has 0 aliphatic heterocycles. The van der Waals surface area contributed by atoms with Crippen LogP contribution in [0.15, 0.2) is 54.7 Å². The van der Waals surface area contributed by atoms with Crippen molar-refractivity contribution < 1.29 is 26.0 Å². The summed E-state index contributed by atoms with van der Waals surface area (Å²) in [5, 5.41) is 0. The SMILES string of the molecule is CC(=O)c1cnc2ccc([I-]c3ccccc3)cc2n1. The van der Waals surface area contributed by atoms with Crippen molar-refractivity contribution in [2.75, 3.05) is 0 Å². The van der Waals surface area contributed by atoms with Gasteiger partial charge in [0.2, 0.25) is 0 Å². The number of carbonyl (C=O) groups excluding carboxylic acids is 1. The number of rotatable bonds is 3. The number of Topliss-reactive ketones (excluding diaryl/α,β-unsaturated/α-hetero) is 1. The quantitative estimate of drug-likeness (QED) is 0.477. The Morgan fingerprint density at radius 1 is 1.00 bits per heavy atom. The van der Waals surface area contributed by atoms with Crippen LogP contribution in [0.1, 0.15) is 17.4 Å². The van der Waals surface area contributed by atoms with E-state index in [4.69, 9.17) is 0 Å². The average molecular weight is 375 g/mol. The molecule has 0 spiro atoms. The molecule has 0 saturated heterocycles. The van der Waals surface area contributed by atoms with E-state index < -0.39 is 0 Å². The van der Waals surface area contributed by atoms with E-state index in [0.29, 0.717) is 5.69 Å².